The third-order valence-electron chi connectivity index (χ3n) is 3.07. The van der Waals surface area contributed by atoms with Crippen molar-refractivity contribution in [3.05, 3.63) is 11.9 Å². The summed E-state index contributed by atoms with van der Waals surface area (Å²) in [4.78, 5) is 11.0. The van der Waals surface area contributed by atoms with Crippen LogP contribution in [0.25, 0.3) is 0 Å². The number of nitrogens with one attached hydrogen (secondary N) is 1. The summed E-state index contributed by atoms with van der Waals surface area (Å²) < 4.78 is 0. The van der Waals surface area contributed by atoms with Gasteiger partial charge in [-0.2, -0.15) is 0 Å². The van der Waals surface area contributed by atoms with Crippen LogP contribution in [0.3, 0.4) is 0 Å². The third kappa shape index (κ3) is 3.30. The Morgan fingerprint density at radius 1 is 1.29 bits per heavy atom. The molecular weight excluding hydrogens is 214 g/mol. The van der Waals surface area contributed by atoms with Crippen LogP contribution in [0, 0.1) is 0 Å². The lowest BCUT2D eigenvalue weighted by Crippen LogP contribution is -2.31. The second-order valence-corrected chi connectivity index (χ2v) is 4.11. The first-order valence-corrected chi connectivity index (χ1v) is 6.23. The van der Waals surface area contributed by atoms with Crippen LogP contribution >= 0.6 is 0 Å². The van der Waals surface area contributed by atoms with E-state index in [9.17, 15) is 0 Å². The summed E-state index contributed by atoms with van der Waals surface area (Å²) in [6.07, 6.45) is 3.01. The quantitative estimate of drug-likeness (QED) is 0.584. The molecule has 0 aliphatic carbocycles. The predicted octanol–water partition coefficient (Wildman–Crippen LogP) is 1.95. The van der Waals surface area contributed by atoms with E-state index in [1.165, 1.54) is 0 Å². The molecule has 0 bridgehead atoms. The number of hydrogen-bond donors (Lipinski definition) is 2. The van der Waals surface area contributed by atoms with Gasteiger partial charge in [0.1, 0.15) is 17.5 Å². The van der Waals surface area contributed by atoms with Gasteiger partial charge in [0.15, 0.2) is 0 Å². The Bertz CT molecular complexity index is 326. The molecule has 0 radical (unpaired) electrons. The molecule has 0 atom stereocenters. The van der Waals surface area contributed by atoms with E-state index < -0.39 is 0 Å². The summed E-state index contributed by atoms with van der Waals surface area (Å²) in [6, 6.07) is 2.39. The fraction of sp³-hybridized carbons (Fsp3) is 0.667. The predicted molar refractivity (Wildman–Crippen MR) is 72.0 cm³/mol. The molecule has 96 valence electrons. The van der Waals surface area contributed by atoms with Gasteiger partial charge < -0.3 is 10.3 Å². The molecule has 3 N–H and O–H groups in total. The first-order chi connectivity index (χ1) is 8.15. The SMILES string of the molecule is CCc1nc(NN)cc(N(C)C(CC)CC)n1. The maximum absolute atomic E-state index is 5.42. The standard InChI is InChI=1S/C12H23N5/c1-5-9(6-2)17(4)12-8-11(16-13)14-10(7-3)15-12/h8-9H,5-7,13H2,1-4H3,(H,14,15,16). The van der Waals surface area contributed by atoms with Gasteiger partial charge in [-0.15, -0.1) is 0 Å². The molecule has 1 rings (SSSR count). The highest BCUT2D eigenvalue weighted by molar-refractivity contribution is 5.49. The molecule has 1 heterocycles. The summed E-state index contributed by atoms with van der Waals surface area (Å²) >= 11 is 0. The molecule has 0 spiro atoms. The molecular formula is C12H23N5. The van der Waals surface area contributed by atoms with Crippen molar-refractivity contribution in [3.8, 4) is 0 Å². The molecule has 0 fully saturated rings. The molecule has 0 unspecified atom stereocenters. The largest absolute Gasteiger partial charge is 0.357 e. The van der Waals surface area contributed by atoms with E-state index in [0.717, 1.165) is 30.9 Å². The van der Waals surface area contributed by atoms with Crippen LogP contribution in [-0.4, -0.2) is 23.1 Å². The van der Waals surface area contributed by atoms with Crippen LogP contribution in [0.1, 0.15) is 39.4 Å². The number of anilines is 2. The average molecular weight is 237 g/mol. The van der Waals surface area contributed by atoms with E-state index in [1.807, 2.05) is 13.0 Å². The Hall–Kier alpha value is -1.36. The lowest BCUT2D eigenvalue weighted by molar-refractivity contribution is 0.585. The van der Waals surface area contributed by atoms with Gasteiger partial charge in [-0.3, -0.25) is 0 Å². The zero-order valence-corrected chi connectivity index (χ0v) is 11.2. The summed E-state index contributed by atoms with van der Waals surface area (Å²) in [5, 5.41) is 0. The van der Waals surface area contributed by atoms with Gasteiger partial charge in [-0.05, 0) is 12.8 Å². The van der Waals surface area contributed by atoms with Crippen LogP contribution in [0.4, 0.5) is 11.6 Å². The van der Waals surface area contributed by atoms with Crippen molar-refractivity contribution >= 4 is 11.6 Å². The van der Waals surface area contributed by atoms with Crippen molar-refractivity contribution in [3.63, 3.8) is 0 Å². The van der Waals surface area contributed by atoms with E-state index >= 15 is 0 Å². The van der Waals surface area contributed by atoms with Gasteiger partial charge >= 0.3 is 0 Å². The highest BCUT2D eigenvalue weighted by Crippen LogP contribution is 2.19. The summed E-state index contributed by atoms with van der Waals surface area (Å²) in [5.74, 6) is 7.84. The summed E-state index contributed by atoms with van der Waals surface area (Å²) in [7, 11) is 2.07. The molecule has 1 aromatic heterocycles. The van der Waals surface area contributed by atoms with E-state index in [0.29, 0.717) is 11.9 Å². The van der Waals surface area contributed by atoms with Crippen molar-refractivity contribution in [1.29, 1.82) is 0 Å². The Morgan fingerprint density at radius 3 is 2.41 bits per heavy atom. The lowest BCUT2D eigenvalue weighted by atomic mass is 10.1. The molecule has 0 saturated heterocycles. The number of aryl methyl sites for hydroxylation is 1. The van der Waals surface area contributed by atoms with Crippen molar-refractivity contribution in [2.45, 2.75) is 46.1 Å². The van der Waals surface area contributed by atoms with Crippen LogP contribution in [-0.2, 0) is 6.42 Å². The average Bonchev–Trinajstić information content (AvgIpc) is 2.39. The van der Waals surface area contributed by atoms with Gasteiger partial charge in [-0.1, -0.05) is 20.8 Å². The number of hydrazine groups is 1. The zero-order valence-electron chi connectivity index (χ0n) is 11.2. The minimum absolute atomic E-state index is 0.500. The molecule has 17 heavy (non-hydrogen) atoms. The van der Waals surface area contributed by atoms with Crippen LogP contribution in [0.15, 0.2) is 6.07 Å². The second kappa shape index (κ2) is 6.39. The van der Waals surface area contributed by atoms with Crippen LogP contribution < -0.4 is 16.2 Å². The second-order valence-electron chi connectivity index (χ2n) is 4.11. The summed E-state index contributed by atoms with van der Waals surface area (Å²) in [6.45, 7) is 6.42. The first kappa shape index (κ1) is 13.7. The van der Waals surface area contributed by atoms with Crippen molar-refractivity contribution < 1.29 is 0 Å². The minimum Gasteiger partial charge on any atom is -0.357 e. The Labute approximate surface area is 103 Å². The number of nitrogens with two attached hydrogens (primary N) is 1. The van der Waals surface area contributed by atoms with Gasteiger partial charge in [-0.25, -0.2) is 15.8 Å². The van der Waals surface area contributed by atoms with Crippen molar-refractivity contribution in [2.24, 2.45) is 5.84 Å². The monoisotopic (exact) mass is 237 g/mol. The molecule has 0 aliphatic heterocycles. The smallest absolute Gasteiger partial charge is 0.145 e. The maximum Gasteiger partial charge on any atom is 0.145 e. The lowest BCUT2D eigenvalue weighted by Gasteiger charge is -2.27. The van der Waals surface area contributed by atoms with E-state index in [1.54, 1.807) is 0 Å². The molecule has 5 nitrogen and oxygen atoms in total. The number of nitrogen functional groups attached to an aromatic ring is 1. The zero-order chi connectivity index (χ0) is 12.8. The topological polar surface area (TPSA) is 67.1 Å². The normalized spacial score (nSPS) is 10.7. The van der Waals surface area contributed by atoms with Crippen molar-refractivity contribution in [2.75, 3.05) is 17.4 Å². The number of nitrogens with zero attached hydrogens (tertiary/aromatic N) is 3. The summed E-state index contributed by atoms with van der Waals surface area (Å²) in [5.41, 5.74) is 2.59. The number of hydrogen-bond acceptors (Lipinski definition) is 5. The minimum atomic E-state index is 0.500. The number of aromatic nitrogens is 2. The maximum atomic E-state index is 5.42. The first-order valence-electron chi connectivity index (χ1n) is 6.23. The van der Waals surface area contributed by atoms with Crippen LogP contribution in [0.5, 0.6) is 0 Å². The molecule has 1 aromatic rings. The van der Waals surface area contributed by atoms with E-state index in [2.05, 4.69) is 41.2 Å². The molecule has 0 saturated carbocycles. The van der Waals surface area contributed by atoms with Crippen LogP contribution in [0.2, 0.25) is 0 Å². The van der Waals surface area contributed by atoms with E-state index in [-0.39, 0.29) is 0 Å². The molecule has 0 aromatic carbocycles. The highest BCUT2D eigenvalue weighted by atomic mass is 15.3. The van der Waals surface area contributed by atoms with Gasteiger partial charge in [0, 0.05) is 25.6 Å². The molecule has 0 aliphatic rings. The van der Waals surface area contributed by atoms with E-state index in [4.69, 9.17) is 5.84 Å². The van der Waals surface area contributed by atoms with Crippen molar-refractivity contribution in [1.82, 2.24) is 9.97 Å². The van der Waals surface area contributed by atoms with Gasteiger partial charge in [0.25, 0.3) is 0 Å². The Kier molecular flexibility index (Phi) is 5.15. The molecule has 5 heteroatoms. The van der Waals surface area contributed by atoms with Gasteiger partial charge in [0.05, 0.1) is 0 Å². The fourth-order valence-electron chi connectivity index (χ4n) is 1.92. The Balaban J connectivity index is 3.02. The van der Waals surface area contributed by atoms with Gasteiger partial charge in [0.2, 0.25) is 0 Å². The molecule has 0 amide bonds. The third-order valence-corrected chi connectivity index (χ3v) is 3.07. The Morgan fingerprint density at radius 2 is 1.94 bits per heavy atom. The highest BCUT2D eigenvalue weighted by Gasteiger charge is 2.14. The fourth-order valence-corrected chi connectivity index (χ4v) is 1.92. The number of rotatable bonds is 6.